The van der Waals surface area contributed by atoms with Crippen molar-refractivity contribution in [2.75, 3.05) is 6.73 Å². The highest BCUT2D eigenvalue weighted by Gasteiger charge is 2.33. The minimum atomic E-state index is -0.463. The maximum atomic E-state index is 13.0. The maximum Gasteiger partial charge on any atom is 0.269 e. The summed E-state index contributed by atoms with van der Waals surface area (Å²) in [5, 5.41) is 10.8. The number of fused-ring (bicyclic) bond motifs is 2. The lowest BCUT2D eigenvalue weighted by Crippen LogP contribution is -2.32. The lowest BCUT2D eigenvalue weighted by atomic mass is 10.00. The lowest BCUT2D eigenvalue weighted by Gasteiger charge is -2.30. The van der Waals surface area contributed by atoms with Gasteiger partial charge in [-0.15, -0.1) is 0 Å². The summed E-state index contributed by atoms with van der Waals surface area (Å²) in [4.78, 5) is 29.7. The van der Waals surface area contributed by atoms with E-state index >= 15 is 0 Å². The summed E-state index contributed by atoms with van der Waals surface area (Å²) >= 11 is 0. The fraction of sp³-hybridized carbons (Fsp3) is 0.167. The van der Waals surface area contributed by atoms with E-state index in [1.54, 1.807) is 24.4 Å². The lowest BCUT2D eigenvalue weighted by molar-refractivity contribution is -0.384. The Morgan fingerprint density at radius 3 is 2.75 bits per heavy atom. The van der Waals surface area contributed by atoms with E-state index in [1.807, 2.05) is 31.3 Å². The molecule has 0 aliphatic carbocycles. The predicted molar refractivity (Wildman–Crippen MR) is 116 cm³/mol. The first-order valence-corrected chi connectivity index (χ1v) is 10.1. The molecule has 3 aromatic rings. The molecular formula is C24H19N3O5. The fourth-order valence-corrected chi connectivity index (χ4v) is 3.99. The largest absolute Gasteiger partial charge is 0.477 e. The monoisotopic (exact) mass is 429 g/mol. The Morgan fingerprint density at radius 2 is 2.03 bits per heavy atom. The van der Waals surface area contributed by atoms with Crippen molar-refractivity contribution in [2.45, 2.75) is 20.0 Å². The van der Waals surface area contributed by atoms with E-state index in [4.69, 9.17) is 9.47 Å². The van der Waals surface area contributed by atoms with E-state index in [0.29, 0.717) is 36.7 Å². The van der Waals surface area contributed by atoms with E-state index in [1.165, 1.54) is 12.1 Å². The van der Waals surface area contributed by atoms with Gasteiger partial charge in [-0.1, -0.05) is 6.07 Å². The average molecular weight is 429 g/mol. The molecule has 3 heterocycles. The Morgan fingerprint density at radius 1 is 1.22 bits per heavy atom. The van der Waals surface area contributed by atoms with Crippen LogP contribution < -0.4 is 9.47 Å². The molecule has 0 N–H and O–H groups in total. The number of non-ortho nitro benzene ring substituents is 1. The number of aromatic nitrogens is 1. The van der Waals surface area contributed by atoms with Gasteiger partial charge in [0.1, 0.15) is 18.2 Å². The molecule has 160 valence electrons. The third-order valence-electron chi connectivity index (χ3n) is 5.53. The van der Waals surface area contributed by atoms with Crippen LogP contribution in [-0.2, 0) is 13.1 Å². The van der Waals surface area contributed by atoms with Gasteiger partial charge in [0, 0.05) is 48.7 Å². The van der Waals surface area contributed by atoms with Gasteiger partial charge in [0.25, 0.3) is 5.69 Å². The van der Waals surface area contributed by atoms with Crippen LogP contribution in [0.2, 0.25) is 0 Å². The first-order valence-electron chi connectivity index (χ1n) is 10.1. The van der Waals surface area contributed by atoms with E-state index in [2.05, 4.69) is 9.88 Å². The zero-order valence-electron chi connectivity index (χ0n) is 17.3. The molecule has 0 unspecified atom stereocenters. The number of nitro benzene ring substituents is 1. The van der Waals surface area contributed by atoms with Crippen molar-refractivity contribution in [1.29, 1.82) is 0 Å². The Kier molecular flexibility index (Phi) is 4.91. The first kappa shape index (κ1) is 19.9. The molecule has 2 aliphatic heterocycles. The van der Waals surface area contributed by atoms with Gasteiger partial charge in [0.2, 0.25) is 5.78 Å². The molecule has 0 bridgehead atoms. The van der Waals surface area contributed by atoms with Crippen LogP contribution in [0.1, 0.15) is 32.6 Å². The number of ketones is 1. The molecule has 2 aliphatic rings. The van der Waals surface area contributed by atoms with Crippen molar-refractivity contribution in [1.82, 2.24) is 9.88 Å². The number of Topliss-reactive ketones (excluding diaryl/α,β-unsaturated/α-hetero) is 1. The van der Waals surface area contributed by atoms with Crippen LogP contribution >= 0.6 is 0 Å². The topological polar surface area (TPSA) is 94.8 Å². The van der Waals surface area contributed by atoms with Crippen LogP contribution in [0.3, 0.4) is 0 Å². The summed E-state index contributed by atoms with van der Waals surface area (Å²) in [6.45, 7) is 3.66. The van der Waals surface area contributed by atoms with Crippen LogP contribution in [-0.4, -0.2) is 27.3 Å². The second kappa shape index (κ2) is 7.90. The van der Waals surface area contributed by atoms with Crippen molar-refractivity contribution in [2.24, 2.45) is 0 Å². The van der Waals surface area contributed by atoms with Crippen molar-refractivity contribution >= 4 is 17.5 Å². The Bertz CT molecular complexity index is 1250. The molecule has 2 aromatic carbocycles. The van der Waals surface area contributed by atoms with Gasteiger partial charge in [-0.2, -0.15) is 0 Å². The Labute approximate surface area is 183 Å². The van der Waals surface area contributed by atoms with Crippen LogP contribution in [0.4, 0.5) is 5.69 Å². The maximum absolute atomic E-state index is 13.0. The molecule has 0 radical (unpaired) electrons. The molecular weight excluding hydrogens is 410 g/mol. The number of hydrogen-bond acceptors (Lipinski definition) is 7. The number of pyridine rings is 1. The van der Waals surface area contributed by atoms with E-state index in [-0.39, 0.29) is 17.2 Å². The van der Waals surface area contributed by atoms with Gasteiger partial charge in [0.15, 0.2) is 5.76 Å². The molecule has 8 nitrogen and oxygen atoms in total. The highest BCUT2D eigenvalue weighted by Crippen LogP contribution is 2.43. The number of carbonyl (C=O) groups is 1. The van der Waals surface area contributed by atoms with Gasteiger partial charge >= 0.3 is 0 Å². The average Bonchev–Trinajstić information content (AvgIpc) is 3.10. The zero-order valence-corrected chi connectivity index (χ0v) is 17.3. The molecule has 8 heteroatoms. The number of allylic oxidation sites excluding steroid dienone is 1. The van der Waals surface area contributed by atoms with Gasteiger partial charge in [-0.3, -0.25) is 24.8 Å². The molecule has 0 amide bonds. The number of nitrogens with zero attached hydrogens (tertiary/aromatic N) is 3. The van der Waals surface area contributed by atoms with Crippen molar-refractivity contribution < 1.29 is 19.2 Å². The Balaban J connectivity index is 1.41. The van der Waals surface area contributed by atoms with Crippen LogP contribution in [0.25, 0.3) is 6.08 Å². The van der Waals surface area contributed by atoms with Gasteiger partial charge in [0.05, 0.1) is 10.5 Å². The molecule has 0 atom stereocenters. The summed E-state index contributed by atoms with van der Waals surface area (Å²) < 4.78 is 11.9. The smallest absolute Gasteiger partial charge is 0.269 e. The quantitative estimate of drug-likeness (QED) is 0.347. The van der Waals surface area contributed by atoms with E-state index in [9.17, 15) is 14.9 Å². The normalized spacial score (nSPS) is 16.3. The predicted octanol–water partition coefficient (Wildman–Crippen LogP) is 4.27. The van der Waals surface area contributed by atoms with Crippen molar-refractivity contribution in [3.8, 4) is 11.5 Å². The standard InChI is InChI=1S/C24H19N3O5/c1-15-23-18(13-26(14-31-23)12-17-3-2-8-25-11-17)10-20-22(28)21(32-24(15)20)9-16-4-6-19(7-5-16)27(29)30/h2-11H,12-14H2,1H3/b21-9-. The third kappa shape index (κ3) is 3.61. The van der Waals surface area contributed by atoms with Crippen LogP contribution in [0, 0.1) is 17.0 Å². The summed E-state index contributed by atoms with van der Waals surface area (Å²) in [6.07, 6.45) is 5.17. The molecule has 5 rings (SSSR count). The van der Waals surface area contributed by atoms with Crippen LogP contribution in [0.15, 0.2) is 60.6 Å². The van der Waals surface area contributed by atoms with Gasteiger partial charge < -0.3 is 9.47 Å². The summed E-state index contributed by atoms with van der Waals surface area (Å²) in [5.74, 6) is 1.22. The SMILES string of the molecule is Cc1c2c(cc3c1O/C(=C\c1ccc([N+](=O)[O-])cc1)C3=O)CN(Cc1cccnc1)CO2. The minimum absolute atomic E-state index is 0.00869. The van der Waals surface area contributed by atoms with Crippen molar-refractivity contribution in [3.63, 3.8) is 0 Å². The summed E-state index contributed by atoms with van der Waals surface area (Å²) in [7, 11) is 0. The second-order valence-corrected chi connectivity index (χ2v) is 7.78. The molecule has 0 saturated carbocycles. The molecule has 0 spiro atoms. The Hall–Kier alpha value is -4.04. The first-order chi connectivity index (χ1) is 15.5. The highest BCUT2D eigenvalue weighted by molar-refractivity contribution is 6.15. The summed E-state index contributed by atoms with van der Waals surface area (Å²) in [6, 6.07) is 11.7. The number of nitro groups is 1. The van der Waals surface area contributed by atoms with Crippen LogP contribution in [0.5, 0.6) is 11.5 Å². The van der Waals surface area contributed by atoms with Crippen molar-refractivity contribution in [3.05, 3.63) is 98.5 Å². The molecule has 0 saturated heterocycles. The number of ether oxygens (including phenoxy) is 2. The number of rotatable bonds is 4. The highest BCUT2D eigenvalue weighted by atomic mass is 16.6. The number of benzene rings is 2. The molecule has 0 fully saturated rings. The summed E-state index contributed by atoms with van der Waals surface area (Å²) in [5.41, 5.74) is 3.95. The minimum Gasteiger partial charge on any atom is -0.477 e. The van der Waals surface area contributed by atoms with Gasteiger partial charge in [-0.05, 0) is 48.4 Å². The number of carbonyl (C=O) groups excluding carboxylic acids is 1. The fourth-order valence-electron chi connectivity index (χ4n) is 3.99. The number of hydrogen-bond donors (Lipinski definition) is 0. The third-order valence-corrected chi connectivity index (χ3v) is 5.53. The van der Waals surface area contributed by atoms with Gasteiger partial charge in [-0.25, -0.2) is 0 Å². The molecule has 1 aromatic heterocycles. The van der Waals surface area contributed by atoms with E-state index in [0.717, 1.165) is 22.4 Å². The zero-order chi connectivity index (χ0) is 22.2. The second-order valence-electron chi connectivity index (χ2n) is 7.78. The van der Waals surface area contributed by atoms with E-state index < -0.39 is 4.92 Å². The molecule has 32 heavy (non-hydrogen) atoms.